The standard InChI is InChI=1S/C22H25N5O4S2/c1-12(2)8-9-25-21(30)18(15-7-4-10-32-15)27(13-5-3-6-14(28)11-13)22(31)19-16(23)17(20(24)29)26-33-19/h3-7,10-12,18,28H,8-9,23H2,1-2H3,(H2,24,29)(H,25,30)/t18-/m0/s1. The number of amides is 3. The predicted octanol–water partition coefficient (Wildman–Crippen LogP) is 3.14. The fourth-order valence-corrected chi connectivity index (χ4v) is 4.72. The van der Waals surface area contributed by atoms with Gasteiger partial charge in [0.15, 0.2) is 11.7 Å². The summed E-state index contributed by atoms with van der Waals surface area (Å²) in [4.78, 5) is 40.6. The van der Waals surface area contributed by atoms with Crippen LogP contribution >= 0.6 is 22.9 Å². The molecule has 0 bridgehead atoms. The molecule has 0 aliphatic rings. The Morgan fingerprint density at radius 3 is 2.55 bits per heavy atom. The Labute approximate surface area is 199 Å². The maximum absolute atomic E-state index is 13.7. The molecule has 2 aromatic heterocycles. The summed E-state index contributed by atoms with van der Waals surface area (Å²) in [5.74, 6) is -1.56. The molecule has 0 aliphatic heterocycles. The Morgan fingerprint density at radius 2 is 1.97 bits per heavy atom. The van der Waals surface area contributed by atoms with Crippen LogP contribution in [0.25, 0.3) is 0 Å². The van der Waals surface area contributed by atoms with Crippen molar-refractivity contribution in [3.8, 4) is 5.75 Å². The van der Waals surface area contributed by atoms with Crippen LogP contribution in [0, 0.1) is 5.92 Å². The van der Waals surface area contributed by atoms with Gasteiger partial charge < -0.3 is 21.9 Å². The molecule has 2 heterocycles. The van der Waals surface area contributed by atoms with Gasteiger partial charge in [-0.1, -0.05) is 26.0 Å². The first-order valence-electron chi connectivity index (χ1n) is 10.2. The Hall–Kier alpha value is -3.44. The molecule has 0 saturated carbocycles. The minimum Gasteiger partial charge on any atom is -0.508 e. The maximum Gasteiger partial charge on any atom is 0.273 e. The van der Waals surface area contributed by atoms with Gasteiger partial charge in [-0.05, 0) is 47.5 Å². The van der Waals surface area contributed by atoms with Crippen molar-refractivity contribution in [3.05, 3.63) is 57.2 Å². The van der Waals surface area contributed by atoms with Crippen molar-refractivity contribution >= 4 is 52.0 Å². The van der Waals surface area contributed by atoms with Crippen molar-refractivity contribution in [3.63, 3.8) is 0 Å². The van der Waals surface area contributed by atoms with Gasteiger partial charge >= 0.3 is 0 Å². The van der Waals surface area contributed by atoms with Gasteiger partial charge in [0.1, 0.15) is 10.6 Å². The summed E-state index contributed by atoms with van der Waals surface area (Å²) in [6.45, 7) is 4.54. The summed E-state index contributed by atoms with van der Waals surface area (Å²) >= 11 is 2.05. The topological polar surface area (TPSA) is 152 Å². The molecule has 1 atom stereocenters. The number of aromatic hydroxyl groups is 1. The quantitative estimate of drug-likeness (QED) is 0.364. The molecule has 0 spiro atoms. The summed E-state index contributed by atoms with van der Waals surface area (Å²) in [6.07, 6.45) is 0.771. The van der Waals surface area contributed by atoms with Crippen molar-refractivity contribution in [2.45, 2.75) is 26.3 Å². The number of nitrogens with zero attached hydrogens (tertiary/aromatic N) is 2. The first-order valence-corrected chi connectivity index (χ1v) is 11.8. The van der Waals surface area contributed by atoms with Gasteiger partial charge in [-0.2, -0.15) is 4.37 Å². The first-order chi connectivity index (χ1) is 15.7. The minimum atomic E-state index is -1.04. The van der Waals surface area contributed by atoms with Gasteiger partial charge in [-0.25, -0.2) is 0 Å². The van der Waals surface area contributed by atoms with E-state index in [2.05, 4.69) is 9.69 Å². The number of aromatic nitrogens is 1. The van der Waals surface area contributed by atoms with Crippen LogP contribution in [-0.2, 0) is 4.79 Å². The lowest BCUT2D eigenvalue weighted by atomic mass is 10.1. The number of anilines is 2. The zero-order valence-corrected chi connectivity index (χ0v) is 19.8. The molecular formula is C22H25N5O4S2. The highest BCUT2D eigenvalue weighted by molar-refractivity contribution is 7.10. The molecule has 0 fully saturated rings. The van der Waals surface area contributed by atoms with E-state index in [0.29, 0.717) is 17.3 Å². The summed E-state index contributed by atoms with van der Waals surface area (Å²) < 4.78 is 3.91. The van der Waals surface area contributed by atoms with Crippen molar-refractivity contribution in [1.82, 2.24) is 9.69 Å². The number of nitrogen functional groups attached to an aromatic ring is 1. The smallest absolute Gasteiger partial charge is 0.273 e. The van der Waals surface area contributed by atoms with Crippen LogP contribution < -0.4 is 21.7 Å². The highest BCUT2D eigenvalue weighted by Crippen LogP contribution is 2.35. The molecule has 11 heteroatoms. The molecule has 3 rings (SSSR count). The van der Waals surface area contributed by atoms with Crippen LogP contribution in [0.5, 0.6) is 5.75 Å². The number of hydrogen-bond donors (Lipinski definition) is 4. The zero-order valence-electron chi connectivity index (χ0n) is 18.1. The Balaban J connectivity index is 2.10. The van der Waals surface area contributed by atoms with Crippen LogP contribution in [-0.4, -0.2) is 33.7 Å². The third kappa shape index (κ3) is 5.49. The molecule has 33 heavy (non-hydrogen) atoms. The zero-order chi connectivity index (χ0) is 24.1. The van der Waals surface area contributed by atoms with Crippen molar-refractivity contribution in [1.29, 1.82) is 0 Å². The van der Waals surface area contributed by atoms with E-state index >= 15 is 0 Å². The Morgan fingerprint density at radius 1 is 1.21 bits per heavy atom. The molecule has 3 aromatic rings. The summed E-state index contributed by atoms with van der Waals surface area (Å²) in [7, 11) is 0. The third-order valence-electron chi connectivity index (χ3n) is 4.82. The van der Waals surface area contributed by atoms with E-state index < -0.39 is 17.9 Å². The normalized spacial score (nSPS) is 11.8. The lowest BCUT2D eigenvalue weighted by Crippen LogP contribution is -2.44. The van der Waals surface area contributed by atoms with E-state index in [0.717, 1.165) is 18.0 Å². The predicted molar refractivity (Wildman–Crippen MR) is 129 cm³/mol. The van der Waals surface area contributed by atoms with E-state index in [4.69, 9.17) is 11.5 Å². The van der Waals surface area contributed by atoms with Gasteiger partial charge in [-0.3, -0.25) is 19.3 Å². The fourth-order valence-electron chi connectivity index (χ4n) is 3.17. The first kappa shape index (κ1) is 24.2. The molecule has 0 radical (unpaired) electrons. The molecule has 0 aliphatic carbocycles. The number of hydrogen-bond acceptors (Lipinski definition) is 8. The lowest BCUT2D eigenvalue weighted by molar-refractivity contribution is -0.122. The van der Waals surface area contributed by atoms with Crippen LogP contribution in [0.1, 0.15) is 51.3 Å². The van der Waals surface area contributed by atoms with Gasteiger partial charge in [0.25, 0.3) is 11.8 Å². The molecular weight excluding hydrogens is 462 g/mol. The largest absolute Gasteiger partial charge is 0.508 e. The van der Waals surface area contributed by atoms with E-state index in [1.54, 1.807) is 29.6 Å². The number of thiophene rings is 1. The number of rotatable bonds is 9. The molecule has 0 unspecified atom stereocenters. The van der Waals surface area contributed by atoms with Crippen LogP contribution in [0.2, 0.25) is 0 Å². The fraction of sp³-hybridized carbons (Fsp3) is 0.273. The van der Waals surface area contributed by atoms with Crippen LogP contribution in [0.15, 0.2) is 41.8 Å². The SMILES string of the molecule is CC(C)CCNC(=O)[C@H](c1cccs1)N(C(=O)c1snc(C(N)=O)c1N)c1cccc(O)c1. The van der Waals surface area contributed by atoms with E-state index in [-0.39, 0.29) is 33.6 Å². The van der Waals surface area contributed by atoms with E-state index in [1.165, 1.54) is 28.4 Å². The number of primary amides is 1. The number of benzene rings is 1. The molecule has 9 nitrogen and oxygen atoms in total. The van der Waals surface area contributed by atoms with Crippen molar-refractivity contribution < 1.29 is 19.5 Å². The van der Waals surface area contributed by atoms with Gasteiger partial charge in [0, 0.05) is 23.2 Å². The van der Waals surface area contributed by atoms with Crippen LogP contribution in [0.3, 0.4) is 0 Å². The van der Waals surface area contributed by atoms with Gasteiger partial charge in [0.2, 0.25) is 5.91 Å². The van der Waals surface area contributed by atoms with Gasteiger partial charge in [0.05, 0.1) is 5.69 Å². The average molecular weight is 488 g/mol. The highest BCUT2D eigenvalue weighted by Gasteiger charge is 2.36. The monoisotopic (exact) mass is 487 g/mol. The number of nitrogens with two attached hydrogens (primary N) is 2. The molecule has 174 valence electrons. The summed E-state index contributed by atoms with van der Waals surface area (Å²) in [5, 5.41) is 14.8. The maximum atomic E-state index is 13.7. The van der Waals surface area contributed by atoms with Crippen LogP contribution in [0.4, 0.5) is 11.4 Å². The van der Waals surface area contributed by atoms with Crippen molar-refractivity contribution in [2.75, 3.05) is 17.2 Å². The second-order valence-electron chi connectivity index (χ2n) is 7.72. The number of nitrogens with one attached hydrogen (secondary N) is 1. The number of phenolic OH excluding ortho intramolecular Hbond substituents is 1. The summed E-state index contributed by atoms with van der Waals surface area (Å²) in [6, 6.07) is 8.51. The average Bonchev–Trinajstić information content (AvgIpc) is 3.40. The second kappa shape index (κ2) is 10.5. The number of carbonyl (C=O) groups is 3. The van der Waals surface area contributed by atoms with Gasteiger partial charge in [-0.15, -0.1) is 11.3 Å². The lowest BCUT2D eigenvalue weighted by Gasteiger charge is -2.30. The third-order valence-corrected chi connectivity index (χ3v) is 6.60. The van der Waals surface area contributed by atoms with Crippen molar-refractivity contribution in [2.24, 2.45) is 11.7 Å². The summed E-state index contributed by atoms with van der Waals surface area (Å²) in [5.41, 5.74) is 11.3. The van der Waals surface area contributed by atoms with E-state index in [1.807, 2.05) is 13.8 Å². The minimum absolute atomic E-state index is 0.0244. The van der Waals surface area contributed by atoms with E-state index in [9.17, 15) is 19.5 Å². The number of phenols is 1. The molecule has 3 amide bonds. The molecule has 0 saturated heterocycles. The Bertz CT molecular complexity index is 1140. The molecule has 1 aromatic carbocycles. The molecule has 6 N–H and O–H groups in total. The Kier molecular flexibility index (Phi) is 7.67. The second-order valence-corrected chi connectivity index (χ2v) is 9.48. The number of carbonyl (C=O) groups excluding carboxylic acids is 3. The highest BCUT2D eigenvalue weighted by atomic mass is 32.1.